The second kappa shape index (κ2) is 8.38. The molecule has 1 fully saturated rings. The minimum Gasteiger partial charge on any atom is -0.472 e. The first-order valence-electron chi connectivity index (χ1n) is 9.46. The van der Waals surface area contributed by atoms with Crippen LogP contribution < -0.4 is 21.5 Å². The fourth-order valence-electron chi connectivity index (χ4n) is 3.09. The lowest BCUT2D eigenvalue weighted by molar-refractivity contribution is 0.0946. The molecule has 3 aromatic heterocycles. The molecule has 2 unspecified atom stereocenters. The molecule has 0 aliphatic carbocycles. The number of amides is 1. The standard InChI is InChI=1S/C20H23N7O2/c1-12-7-17(24-18-8-13(2)26-27-18)25-19(23-12)15-3-4-16(21-10-15)20(28)22-9-14-5-6-29-11-14/h3-7,10-11,13,18,26-27H,8-9H2,1-2H3,(H,22,28)(H,23,24,25). The minimum absolute atomic E-state index is 0.103. The van der Waals surface area contributed by atoms with E-state index in [-0.39, 0.29) is 12.1 Å². The number of carbonyl (C=O) groups is 1. The molecule has 2 atom stereocenters. The molecule has 0 aromatic carbocycles. The van der Waals surface area contributed by atoms with Crippen molar-refractivity contribution >= 4 is 11.7 Å². The molecule has 4 N–H and O–H groups in total. The number of hydrogen-bond donors (Lipinski definition) is 4. The molecule has 4 rings (SSSR count). The van der Waals surface area contributed by atoms with Gasteiger partial charge in [-0.15, -0.1) is 0 Å². The number of anilines is 1. The van der Waals surface area contributed by atoms with Crippen LogP contribution in [0.25, 0.3) is 11.4 Å². The topological polar surface area (TPSA) is 117 Å². The highest BCUT2D eigenvalue weighted by atomic mass is 16.3. The van der Waals surface area contributed by atoms with Crippen LogP contribution in [0.15, 0.2) is 47.4 Å². The average molecular weight is 393 g/mol. The predicted octanol–water partition coefficient (Wildman–Crippen LogP) is 1.99. The molecule has 1 saturated heterocycles. The van der Waals surface area contributed by atoms with Crippen molar-refractivity contribution in [1.82, 2.24) is 31.1 Å². The largest absolute Gasteiger partial charge is 0.472 e. The molecule has 1 aliphatic rings. The molecular weight excluding hydrogens is 370 g/mol. The summed E-state index contributed by atoms with van der Waals surface area (Å²) < 4.78 is 4.99. The van der Waals surface area contributed by atoms with Crippen LogP contribution in [-0.4, -0.2) is 33.1 Å². The highest BCUT2D eigenvalue weighted by Gasteiger charge is 2.20. The van der Waals surface area contributed by atoms with Crippen LogP contribution in [0.4, 0.5) is 5.82 Å². The number of carbonyl (C=O) groups excluding carboxylic acids is 1. The highest BCUT2D eigenvalue weighted by Crippen LogP contribution is 2.19. The Morgan fingerprint density at radius 2 is 2.17 bits per heavy atom. The third-order valence-electron chi connectivity index (χ3n) is 4.56. The van der Waals surface area contributed by atoms with Gasteiger partial charge in [-0.05, 0) is 38.5 Å². The lowest BCUT2D eigenvalue weighted by Gasteiger charge is -2.14. The van der Waals surface area contributed by atoms with Crippen molar-refractivity contribution in [2.24, 2.45) is 0 Å². The first-order chi connectivity index (χ1) is 14.1. The van der Waals surface area contributed by atoms with Crippen LogP contribution in [0, 0.1) is 6.92 Å². The van der Waals surface area contributed by atoms with Crippen LogP contribution in [0.3, 0.4) is 0 Å². The number of furan rings is 1. The van der Waals surface area contributed by atoms with Gasteiger partial charge in [-0.1, -0.05) is 0 Å². The summed E-state index contributed by atoms with van der Waals surface area (Å²) in [6, 6.07) is 7.57. The van der Waals surface area contributed by atoms with Crippen molar-refractivity contribution in [3.8, 4) is 11.4 Å². The first kappa shape index (κ1) is 19.0. The third kappa shape index (κ3) is 4.76. The van der Waals surface area contributed by atoms with Gasteiger partial charge in [0.25, 0.3) is 5.91 Å². The van der Waals surface area contributed by atoms with Gasteiger partial charge in [0.1, 0.15) is 11.5 Å². The smallest absolute Gasteiger partial charge is 0.270 e. The quantitative estimate of drug-likeness (QED) is 0.502. The van der Waals surface area contributed by atoms with E-state index in [0.717, 1.165) is 29.1 Å². The monoisotopic (exact) mass is 393 g/mol. The molecular formula is C20H23N7O2. The Kier molecular flexibility index (Phi) is 5.50. The second-order valence-corrected chi connectivity index (χ2v) is 7.09. The van der Waals surface area contributed by atoms with E-state index in [1.54, 1.807) is 36.9 Å². The Hall–Kier alpha value is -3.30. The molecule has 150 valence electrons. The van der Waals surface area contributed by atoms with E-state index >= 15 is 0 Å². The normalized spacial score (nSPS) is 18.6. The molecule has 0 bridgehead atoms. The SMILES string of the molecule is Cc1cc(NC2CC(C)NN2)nc(-c2ccc(C(=O)NCc3ccoc3)nc2)n1. The summed E-state index contributed by atoms with van der Waals surface area (Å²) in [5.74, 6) is 1.05. The van der Waals surface area contributed by atoms with E-state index in [2.05, 4.69) is 43.4 Å². The van der Waals surface area contributed by atoms with E-state index in [9.17, 15) is 4.79 Å². The predicted molar refractivity (Wildman–Crippen MR) is 108 cm³/mol. The molecule has 4 heterocycles. The van der Waals surface area contributed by atoms with Gasteiger partial charge in [-0.25, -0.2) is 15.4 Å². The van der Waals surface area contributed by atoms with Crippen molar-refractivity contribution < 1.29 is 9.21 Å². The van der Waals surface area contributed by atoms with Gasteiger partial charge in [0.15, 0.2) is 5.82 Å². The number of pyridine rings is 1. The maximum absolute atomic E-state index is 12.3. The van der Waals surface area contributed by atoms with E-state index in [0.29, 0.717) is 24.1 Å². The van der Waals surface area contributed by atoms with Gasteiger partial charge in [-0.2, -0.15) is 0 Å². The van der Waals surface area contributed by atoms with Crippen molar-refractivity contribution in [1.29, 1.82) is 0 Å². The van der Waals surface area contributed by atoms with Gasteiger partial charge >= 0.3 is 0 Å². The molecule has 0 spiro atoms. The zero-order chi connectivity index (χ0) is 20.2. The number of nitrogens with zero attached hydrogens (tertiary/aromatic N) is 3. The van der Waals surface area contributed by atoms with Crippen LogP contribution in [0.1, 0.15) is 35.1 Å². The van der Waals surface area contributed by atoms with Crippen molar-refractivity contribution in [2.75, 3.05) is 5.32 Å². The summed E-state index contributed by atoms with van der Waals surface area (Å²) in [5, 5.41) is 6.17. The zero-order valence-electron chi connectivity index (χ0n) is 16.3. The summed E-state index contributed by atoms with van der Waals surface area (Å²) in [6.07, 6.45) is 5.83. The summed E-state index contributed by atoms with van der Waals surface area (Å²) in [5.41, 5.74) is 9.18. The van der Waals surface area contributed by atoms with Crippen molar-refractivity contribution in [3.63, 3.8) is 0 Å². The Morgan fingerprint density at radius 3 is 2.86 bits per heavy atom. The van der Waals surface area contributed by atoms with E-state index in [4.69, 9.17) is 4.42 Å². The molecule has 29 heavy (non-hydrogen) atoms. The Labute approximate surface area is 168 Å². The zero-order valence-corrected chi connectivity index (χ0v) is 16.3. The minimum atomic E-state index is -0.251. The molecule has 9 nitrogen and oxygen atoms in total. The van der Waals surface area contributed by atoms with E-state index in [1.807, 2.05) is 13.0 Å². The van der Waals surface area contributed by atoms with E-state index < -0.39 is 0 Å². The average Bonchev–Trinajstić information content (AvgIpc) is 3.37. The summed E-state index contributed by atoms with van der Waals surface area (Å²) in [7, 11) is 0. The van der Waals surface area contributed by atoms with Crippen LogP contribution in [0.2, 0.25) is 0 Å². The number of aryl methyl sites for hydroxylation is 1. The summed E-state index contributed by atoms with van der Waals surface area (Å²) in [4.78, 5) is 25.6. The molecule has 0 radical (unpaired) electrons. The van der Waals surface area contributed by atoms with Crippen LogP contribution in [-0.2, 0) is 6.54 Å². The van der Waals surface area contributed by atoms with Gasteiger partial charge < -0.3 is 15.1 Å². The Balaban J connectivity index is 1.44. The number of aromatic nitrogens is 3. The fraction of sp³-hybridized carbons (Fsp3) is 0.300. The van der Waals surface area contributed by atoms with Gasteiger partial charge in [0.05, 0.1) is 18.7 Å². The molecule has 0 saturated carbocycles. The van der Waals surface area contributed by atoms with Gasteiger partial charge in [-0.3, -0.25) is 15.2 Å². The Morgan fingerprint density at radius 1 is 1.28 bits per heavy atom. The lowest BCUT2D eigenvalue weighted by Crippen LogP contribution is -2.36. The van der Waals surface area contributed by atoms with Crippen LogP contribution in [0.5, 0.6) is 0 Å². The number of hydrogen-bond acceptors (Lipinski definition) is 8. The highest BCUT2D eigenvalue weighted by molar-refractivity contribution is 5.92. The maximum Gasteiger partial charge on any atom is 0.270 e. The second-order valence-electron chi connectivity index (χ2n) is 7.09. The van der Waals surface area contributed by atoms with Crippen molar-refractivity contribution in [2.45, 2.75) is 39.0 Å². The third-order valence-corrected chi connectivity index (χ3v) is 4.56. The summed E-state index contributed by atoms with van der Waals surface area (Å²) >= 11 is 0. The van der Waals surface area contributed by atoms with Gasteiger partial charge in [0, 0.05) is 41.7 Å². The maximum atomic E-state index is 12.3. The molecule has 3 aromatic rings. The van der Waals surface area contributed by atoms with Crippen LogP contribution >= 0.6 is 0 Å². The fourth-order valence-corrected chi connectivity index (χ4v) is 3.09. The van der Waals surface area contributed by atoms with E-state index in [1.165, 1.54) is 0 Å². The number of rotatable bonds is 6. The van der Waals surface area contributed by atoms with Gasteiger partial charge in [0.2, 0.25) is 0 Å². The number of hydrazine groups is 1. The first-order valence-corrected chi connectivity index (χ1v) is 9.46. The Bertz CT molecular complexity index is 973. The summed E-state index contributed by atoms with van der Waals surface area (Å²) in [6.45, 7) is 4.42. The lowest BCUT2D eigenvalue weighted by atomic mass is 10.2. The molecule has 1 aliphatic heterocycles. The molecule has 1 amide bonds. The molecule has 9 heteroatoms. The number of nitrogens with one attached hydrogen (secondary N) is 4. The van der Waals surface area contributed by atoms with Crippen molar-refractivity contribution in [3.05, 3.63) is 59.9 Å².